The number of nitrogens with two attached hydrogens (primary N) is 1. The molecule has 0 atom stereocenters. The van der Waals surface area contributed by atoms with E-state index in [0.717, 1.165) is 6.54 Å². The summed E-state index contributed by atoms with van der Waals surface area (Å²) in [6, 6.07) is 0. The first kappa shape index (κ1) is 12.9. The molecular weight excluding hydrogens is 160 g/mol. The quantitative estimate of drug-likeness (QED) is 0.560. The molecule has 13 heavy (non-hydrogen) atoms. The van der Waals surface area contributed by atoms with Gasteiger partial charge in [0.1, 0.15) is 0 Å². The van der Waals surface area contributed by atoms with Crippen LogP contribution in [0.1, 0.15) is 46.0 Å². The van der Waals surface area contributed by atoms with Crippen molar-refractivity contribution in [1.29, 1.82) is 0 Å². The predicted octanol–water partition coefficient (Wildman–Crippen LogP) is 2.24. The Morgan fingerprint density at radius 3 is 2.15 bits per heavy atom. The molecule has 0 bridgehead atoms. The van der Waals surface area contributed by atoms with Gasteiger partial charge < -0.3 is 10.6 Å². The van der Waals surface area contributed by atoms with Crippen molar-refractivity contribution in [3.8, 4) is 0 Å². The van der Waals surface area contributed by atoms with E-state index in [1.165, 1.54) is 51.7 Å². The molecular formula is C11H26N2. The molecule has 2 heteroatoms. The largest absolute Gasteiger partial charge is 0.330 e. The Morgan fingerprint density at radius 2 is 1.62 bits per heavy atom. The van der Waals surface area contributed by atoms with E-state index in [0.29, 0.717) is 0 Å². The molecule has 0 aromatic carbocycles. The second-order valence-corrected chi connectivity index (χ2v) is 3.64. The average Bonchev–Trinajstić information content (AvgIpc) is 2.16. The van der Waals surface area contributed by atoms with Crippen molar-refractivity contribution in [2.45, 2.75) is 46.0 Å². The molecule has 0 aliphatic heterocycles. The van der Waals surface area contributed by atoms with E-state index >= 15 is 0 Å². The summed E-state index contributed by atoms with van der Waals surface area (Å²) in [4.78, 5) is 2.53. The minimum Gasteiger partial charge on any atom is -0.330 e. The third kappa shape index (κ3) is 8.26. The van der Waals surface area contributed by atoms with Gasteiger partial charge in [-0.1, -0.05) is 26.7 Å². The molecule has 0 saturated carbocycles. The molecule has 0 saturated heterocycles. The Labute approximate surface area is 83.5 Å². The van der Waals surface area contributed by atoms with E-state index < -0.39 is 0 Å². The van der Waals surface area contributed by atoms with Crippen molar-refractivity contribution >= 4 is 0 Å². The van der Waals surface area contributed by atoms with Crippen molar-refractivity contribution in [1.82, 2.24) is 4.90 Å². The Kier molecular flexibility index (Phi) is 9.94. The minimum atomic E-state index is 0.854. The van der Waals surface area contributed by atoms with E-state index in [1.807, 2.05) is 0 Å². The molecule has 2 nitrogen and oxygen atoms in total. The molecule has 0 fully saturated rings. The van der Waals surface area contributed by atoms with Gasteiger partial charge in [-0.2, -0.15) is 0 Å². The number of unbranched alkanes of at least 4 members (excludes halogenated alkanes) is 3. The van der Waals surface area contributed by atoms with Gasteiger partial charge in [-0.3, -0.25) is 0 Å². The maximum absolute atomic E-state index is 5.43. The molecule has 2 N–H and O–H groups in total. The first-order valence-electron chi connectivity index (χ1n) is 5.77. The second-order valence-electron chi connectivity index (χ2n) is 3.64. The van der Waals surface area contributed by atoms with Crippen LogP contribution in [-0.4, -0.2) is 31.1 Å². The highest BCUT2D eigenvalue weighted by Crippen LogP contribution is 2.01. The highest BCUT2D eigenvalue weighted by Gasteiger charge is 1.99. The van der Waals surface area contributed by atoms with Crippen molar-refractivity contribution in [3.05, 3.63) is 0 Å². The Morgan fingerprint density at radius 1 is 0.923 bits per heavy atom. The lowest BCUT2D eigenvalue weighted by Crippen LogP contribution is -2.25. The molecule has 0 amide bonds. The third-order valence-electron chi connectivity index (χ3n) is 2.42. The standard InChI is InChI=1S/C11H26N2/c1-3-10-13(4-2)11-8-6-5-7-9-12/h3-12H2,1-2H3. The summed E-state index contributed by atoms with van der Waals surface area (Å²) < 4.78 is 0. The molecule has 0 radical (unpaired) electrons. The smallest absolute Gasteiger partial charge is 0.00189 e. The number of nitrogens with zero attached hydrogens (tertiary/aromatic N) is 1. The monoisotopic (exact) mass is 186 g/mol. The SMILES string of the molecule is CCCN(CC)CCCCCCN. The van der Waals surface area contributed by atoms with Crippen molar-refractivity contribution in [2.24, 2.45) is 5.73 Å². The summed E-state index contributed by atoms with van der Waals surface area (Å²) in [5, 5.41) is 0. The van der Waals surface area contributed by atoms with E-state index in [1.54, 1.807) is 0 Å². The third-order valence-corrected chi connectivity index (χ3v) is 2.42. The maximum atomic E-state index is 5.43. The molecule has 0 unspecified atom stereocenters. The van der Waals surface area contributed by atoms with Crippen LogP contribution >= 0.6 is 0 Å². The molecule has 0 aliphatic rings. The first-order valence-corrected chi connectivity index (χ1v) is 5.77. The van der Waals surface area contributed by atoms with Crippen LogP contribution in [0.15, 0.2) is 0 Å². The van der Waals surface area contributed by atoms with Gasteiger partial charge in [0.25, 0.3) is 0 Å². The van der Waals surface area contributed by atoms with Crippen LogP contribution in [0.5, 0.6) is 0 Å². The molecule has 80 valence electrons. The molecule has 0 aromatic heterocycles. The van der Waals surface area contributed by atoms with Gasteiger partial charge in [-0.15, -0.1) is 0 Å². The lowest BCUT2D eigenvalue weighted by molar-refractivity contribution is 0.281. The van der Waals surface area contributed by atoms with Gasteiger partial charge >= 0.3 is 0 Å². The van der Waals surface area contributed by atoms with Crippen LogP contribution in [0.4, 0.5) is 0 Å². The topological polar surface area (TPSA) is 29.3 Å². The van der Waals surface area contributed by atoms with Gasteiger partial charge in [0.15, 0.2) is 0 Å². The lowest BCUT2D eigenvalue weighted by atomic mass is 10.2. The minimum absolute atomic E-state index is 0.854. The summed E-state index contributed by atoms with van der Waals surface area (Å²) in [6.45, 7) is 9.08. The van der Waals surface area contributed by atoms with Crippen LogP contribution in [0.2, 0.25) is 0 Å². The molecule has 0 heterocycles. The Balaban J connectivity index is 3.17. The maximum Gasteiger partial charge on any atom is -0.00189 e. The van der Waals surface area contributed by atoms with Crippen LogP contribution in [0.25, 0.3) is 0 Å². The van der Waals surface area contributed by atoms with Crippen molar-refractivity contribution in [2.75, 3.05) is 26.2 Å². The highest BCUT2D eigenvalue weighted by atomic mass is 15.1. The highest BCUT2D eigenvalue weighted by molar-refractivity contribution is 4.54. The Bertz CT molecular complexity index is 94.1. The van der Waals surface area contributed by atoms with Crippen LogP contribution in [-0.2, 0) is 0 Å². The lowest BCUT2D eigenvalue weighted by Gasteiger charge is -2.18. The number of rotatable bonds is 9. The summed E-state index contributed by atoms with van der Waals surface area (Å²) in [7, 11) is 0. The number of hydrogen-bond acceptors (Lipinski definition) is 2. The zero-order valence-electron chi connectivity index (χ0n) is 9.39. The predicted molar refractivity (Wildman–Crippen MR) is 59.9 cm³/mol. The van der Waals surface area contributed by atoms with E-state index in [9.17, 15) is 0 Å². The average molecular weight is 186 g/mol. The van der Waals surface area contributed by atoms with Gasteiger partial charge in [-0.25, -0.2) is 0 Å². The second kappa shape index (κ2) is 10.0. The first-order chi connectivity index (χ1) is 6.35. The van der Waals surface area contributed by atoms with Gasteiger partial charge in [0.05, 0.1) is 0 Å². The van der Waals surface area contributed by atoms with Gasteiger partial charge in [0.2, 0.25) is 0 Å². The summed E-state index contributed by atoms with van der Waals surface area (Å²) in [5.41, 5.74) is 5.43. The fourth-order valence-corrected chi connectivity index (χ4v) is 1.58. The fourth-order valence-electron chi connectivity index (χ4n) is 1.58. The molecule has 0 aromatic rings. The number of hydrogen-bond donors (Lipinski definition) is 1. The normalized spacial score (nSPS) is 11.1. The summed E-state index contributed by atoms with van der Waals surface area (Å²) in [5.74, 6) is 0. The Hall–Kier alpha value is -0.0800. The van der Waals surface area contributed by atoms with E-state index in [4.69, 9.17) is 5.73 Å². The van der Waals surface area contributed by atoms with Crippen molar-refractivity contribution < 1.29 is 0 Å². The summed E-state index contributed by atoms with van der Waals surface area (Å²) >= 11 is 0. The van der Waals surface area contributed by atoms with Gasteiger partial charge in [-0.05, 0) is 45.4 Å². The van der Waals surface area contributed by atoms with Crippen LogP contribution in [0.3, 0.4) is 0 Å². The molecule has 0 spiro atoms. The van der Waals surface area contributed by atoms with Crippen LogP contribution in [0, 0.1) is 0 Å². The fraction of sp³-hybridized carbons (Fsp3) is 1.00. The van der Waals surface area contributed by atoms with Gasteiger partial charge in [0, 0.05) is 0 Å². The molecule has 0 rings (SSSR count). The van der Waals surface area contributed by atoms with E-state index in [2.05, 4.69) is 18.7 Å². The van der Waals surface area contributed by atoms with Crippen molar-refractivity contribution in [3.63, 3.8) is 0 Å². The zero-order chi connectivity index (χ0) is 9.94. The van der Waals surface area contributed by atoms with E-state index in [-0.39, 0.29) is 0 Å². The van der Waals surface area contributed by atoms with Crippen LogP contribution < -0.4 is 5.73 Å². The zero-order valence-corrected chi connectivity index (χ0v) is 9.39. The molecule has 0 aliphatic carbocycles. The summed E-state index contributed by atoms with van der Waals surface area (Å²) in [6.07, 6.45) is 6.46.